The number of anilines is 1. The van der Waals surface area contributed by atoms with Crippen molar-refractivity contribution in [3.63, 3.8) is 0 Å². The number of hydrogen-bond acceptors (Lipinski definition) is 6. The van der Waals surface area contributed by atoms with Crippen LogP contribution in [0.2, 0.25) is 0 Å². The van der Waals surface area contributed by atoms with Crippen molar-refractivity contribution in [1.29, 1.82) is 0 Å². The lowest BCUT2D eigenvalue weighted by Crippen LogP contribution is -2.32. The van der Waals surface area contributed by atoms with Gasteiger partial charge in [-0.3, -0.25) is 23.8 Å². The number of aromatic nitrogens is 5. The van der Waals surface area contributed by atoms with Crippen molar-refractivity contribution in [2.24, 2.45) is 7.05 Å². The third-order valence-electron chi connectivity index (χ3n) is 6.57. The largest absolute Gasteiger partial charge is 0.433 e. The van der Waals surface area contributed by atoms with Gasteiger partial charge in [-0.25, -0.2) is 4.98 Å². The summed E-state index contributed by atoms with van der Waals surface area (Å²) in [6, 6.07) is 5.39. The van der Waals surface area contributed by atoms with Gasteiger partial charge in [0, 0.05) is 44.7 Å². The predicted octanol–water partition coefficient (Wildman–Crippen LogP) is 3.89. The van der Waals surface area contributed by atoms with Crippen LogP contribution >= 0.6 is 0 Å². The molecule has 1 amide bonds. The fraction of sp³-hybridized carbons (Fsp3) is 0.400. The van der Waals surface area contributed by atoms with Gasteiger partial charge in [-0.05, 0) is 43.5 Å². The number of hydrogen-bond donors (Lipinski definition) is 1. The van der Waals surface area contributed by atoms with Gasteiger partial charge in [0.2, 0.25) is 5.91 Å². The highest BCUT2D eigenvalue weighted by molar-refractivity contribution is 6.09. The minimum Gasteiger partial charge on any atom is -0.370 e. The van der Waals surface area contributed by atoms with Crippen LogP contribution in [0.3, 0.4) is 0 Å². The van der Waals surface area contributed by atoms with Crippen LogP contribution in [0.4, 0.5) is 19.0 Å². The monoisotopic (exact) mass is 513 g/mol. The highest BCUT2D eigenvalue weighted by Gasteiger charge is 2.33. The van der Waals surface area contributed by atoms with E-state index in [0.29, 0.717) is 42.5 Å². The Morgan fingerprint density at radius 1 is 1.11 bits per heavy atom. The molecule has 12 heteroatoms. The summed E-state index contributed by atoms with van der Waals surface area (Å²) < 4.78 is 43.2. The Morgan fingerprint density at radius 3 is 2.70 bits per heavy atom. The van der Waals surface area contributed by atoms with Crippen LogP contribution in [0.25, 0.3) is 27.6 Å². The Balaban J connectivity index is 1.56. The number of amides is 1. The van der Waals surface area contributed by atoms with Gasteiger partial charge in [-0.15, -0.1) is 0 Å². The number of likely N-dealkylation sites (tertiary alicyclic amines) is 1. The summed E-state index contributed by atoms with van der Waals surface area (Å²) in [5.41, 5.74) is -1.44. The summed E-state index contributed by atoms with van der Waals surface area (Å²) in [7, 11) is 1.66. The third-order valence-corrected chi connectivity index (χ3v) is 6.57. The SMILES string of the molecule is Cn1nc2c(=O)n(-c3cccnc3)c3nc(C(F)(F)F)ccc3c2c1NCCCN1CCCCCC1=O. The van der Waals surface area contributed by atoms with E-state index in [4.69, 9.17) is 0 Å². The van der Waals surface area contributed by atoms with Gasteiger partial charge in [0.25, 0.3) is 5.56 Å². The molecule has 0 unspecified atom stereocenters. The summed E-state index contributed by atoms with van der Waals surface area (Å²) in [6.07, 6.45) is 2.42. The molecule has 1 saturated heterocycles. The first-order valence-corrected chi connectivity index (χ1v) is 12.2. The maximum atomic E-state index is 13.5. The van der Waals surface area contributed by atoms with Crippen LogP contribution in [0.15, 0.2) is 41.5 Å². The highest BCUT2D eigenvalue weighted by atomic mass is 19.4. The average molecular weight is 514 g/mol. The first-order chi connectivity index (χ1) is 17.8. The number of alkyl halides is 3. The van der Waals surface area contributed by atoms with Crippen LogP contribution in [-0.2, 0) is 18.0 Å². The number of aryl methyl sites for hydroxylation is 1. The van der Waals surface area contributed by atoms with Gasteiger partial charge < -0.3 is 10.2 Å². The topological polar surface area (TPSA) is 97.9 Å². The second-order valence-electron chi connectivity index (χ2n) is 9.08. The fourth-order valence-corrected chi connectivity index (χ4v) is 4.78. The molecular weight excluding hydrogens is 487 g/mol. The second kappa shape index (κ2) is 9.83. The summed E-state index contributed by atoms with van der Waals surface area (Å²) in [5, 5.41) is 8.43. The predicted molar refractivity (Wildman–Crippen MR) is 133 cm³/mol. The zero-order valence-electron chi connectivity index (χ0n) is 20.3. The van der Waals surface area contributed by atoms with Crippen molar-refractivity contribution in [3.8, 4) is 5.69 Å². The summed E-state index contributed by atoms with van der Waals surface area (Å²) in [5.74, 6) is 0.663. The van der Waals surface area contributed by atoms with E-state index >= 15 is 0 Å². The van der Waals surface area contributed by atoms with Crippen molar-refractivity contribution in [2.75, 3.05) is 25.0 Å². The van der Waals surface area contributed by atoms with Crippen molar-refractivity contribution in [1.82, 2.24) is 29.2 Å². The molecule has 1 fully saturated rings. The molecule has 1 aliphatic rings. The lowest BCUT2D eigenvalue weighted by atomic mass is 10.1. The van der Waals surface area contributed by atoms with Crippen molar-refractivity contribution in [2.45, 2.75) is 38.3 Å². The van der Waals surface area contributed by atoms with Crippen molar-refractivity contribution in [3.05, 3.63) is 52.7 Å². The van der Waals surface area contributed by atoms with Gasteiger partial charge in [0.15, 0.2) is 5.52 Å². The molecule has 37 heavy (non-hydrogen) atoms. The van der Waals surface area contributed by atoms with E-state index in [2.05, 4.69) is 20.4 Å². The minimum absolute atomic E-state index is 0.102. The fourth-order valence-electron chi connectivity index (χ4n) is 4.78. The molecule has 1 N–H and O–H groups in total. The zero-order valence-corrected chi connectivity index (χ0v) is 20.3. The van der Waals surface area contributed by atoms with E-state index in [1.54, 1.807) is 19.2 Å². The van der Waals surface area contributed by atoms with E-state index in [-0.39, 0.29) is 22.8 Å². The molecule has 0 bridgehead atoms. The standard InChI is InChI=1S/C25H26F3N7O2/c1-33-23(30-12-6-14-34-13-4-2-3-8-19(34)36)20-17-9-10-18(25(26,27)28)31-22(17)35(24(37)21(20)32-33)16-7-5-11-29-15-16/h5,7,9-11,15,30H,2-4,6,8,12-14H2,1H3. The Hall–Kier alpha value is -3.96. The molecule has 1 aliphatic heterocycles. The van der Waals surface area contributed by atoms with Crippen molar-refractivity contribution < 1.29 is 18.0 Å². The maximum Gasteiger partial charge on any atom is 0.433 e. The average Bonchev–Trinajstić information content (AvgIpc) is 3.06. The third kappa shape index (κ3) is 4.75. The molecule has 0 saturated carbocycles. The second-order valence-corrected chi connectivity index (χ2v) is 9.08. The Labute approximate surface area is 209 Å². The number of pyridine rings is 3. The number of halogens is 3. The van der Waals surface area contributed by atoms with Crippen LogP contribution in [0.5, 0.6) is 0 Å². The number of nitrogens with zero attached hydrogens (tertiary/aromatic N) is 6. The number of carbonyl (C=O) groups is 1. The molecular formula is C25H26F3N7O2. The molecule has 0 aromatic carbocycles. The molecule has 5 heterocycles. The summed E-state index contributed by atoms with van der Waals surface area (Å²) >= 11 is 0. The lowest BCUT2D eigenvalue weighted by Gasteiger charge is -2.20. The van der Waals surface area contributed by atoms with Gasteiger partial charge in [-0.2, -0.15) is 18.3 Å². The highest BCUT2D eigenvalue weighted by Crippen LogP contribution is 2.33. The Bertz CT molecular complexity index is 1510. The molecule has 5 rings (SSSR count). The molecule has 194 valence electrons. The quantitative estimate of drug-likeness (QED) is 0.393. The molecule has 4 aromatic heterocycles. The minimum atomic E-state index is -4.68. The molecule has 0 radical (unpaired) electrons. The Kier molecular flexibility index (Phi) is 6.57. The smallest absolute Gasteiger partial charge is 0.370 e. The maximum absolute atomic E-state index is 13.5. The van der Waals surface area contributed by atoms with Crippen LogP contribution < -0.4 is 10.9 Å². The molecule has 0 spiro atoms. The normalized spacial score (nSPS) is 14.9. The van der Waals surface area contributed by atoms with E-state index in [0.717, 1.165) is 36.4 Å². The first kappa shape index (κ1) is 24.7. The lowest BCUT2D eigenvalue weighted by molar-refractivity contribution is -0.141. The van der Waals surface area contributed by atoms with E-state index in [1.807, 2.05) is 4.90 Å². The van der Waals surface area contributed by atoms with Gasteiger partial charge in [0.05, 0.1) is 17.3 Å². The van der Waals surface area contributed by atoms with Crippen molar-refractivity contribution >= 4 is 33.7 Å². The molecule has 4 aromatic rings. The van der Waals surface area contributed by atoms with Crippen LogP contribution in [-0.4, -0.2) is 54.8 Å². The molecule has 0 atom stereocenters. The number of carbonyl (C=O) groups excluding carboxylic acids is 1. The number of nitrogens with one attached hydrogen (secondary N) is 1. The molecule has 9 nitrogen and oxygen atoms in total. The van der Waals surface area contributed by atoms with Gasteiger partial charge >= 0.3 is 6.18 Å². The van der Waals surface area contributed by atoms with Gasteiger partial charge in [0.1, 0.15) is 17.2 Å². The summed E-state index contributed by atoms with van der Waals surface area (Å²) in [6.45, 7) is 1.84. The van der Waals surface area contributed by atoms with Crippen LogP contribution in [0, 0.1) is 0 Å². The molecule has 0 aliphatic carbocycles. The van der Waals surface area contributed by atoms with E-state index in [1.165, 1.54) is 23.1 Å². The van der Waals surface area contributed by atoms with Crippen LogP contribution in [0.1, 0.15) is 37.8 Å². The number of fused-ring (bicyclic) bond motifs is 3. The van der Waals surface area contributed by atoms with E-state index < -0.39 is 17.4 Å². The number of rotatable bonds is 6. The first-order valence-electron chi connectivity index (χ1n) is 12.2. The van der Waals surface area contributed by atoms with E-state index in [9.17, 15) is 22.8 Å². The summed E-state index contributed by atoms with van der Waals surface area (Å²) in [4.78, 5) is 35.5. The Morgan fingerprint density at radius 2 is 1.95 bits per heavy atom. The zero-order chi connectivity index (χ0) is 26.2. The van der Waals surface area contributed by atoms with Gasteiger partial charge in [-0.1, -0.05) is 6.42 Å².